The van der Waals surface area contributed by atoms with Crippen molar-refractivity contribution in [3.8, 4) is 0 Å². The molecule has 1 aromatic rings. The summed E-state index contributed by atoms with van der Waals surface area (Å²) < 4.78 is 42.7. The van der Waals surface area contributed by atoms with Gasteiger partial charge in [-0.05, 0) is 6.07 Å². The summed E-state index contributed by atoms with van der Waals surface area (Å²) >= 11 is 0. The smallest absolute Gasteiger partial charge is 0.383 e. The van der Waals surface area contributed by atoms with Crippen LogP contribution in [0.4, 0.5) is 13.2 Å². The lowest BCUT2D eigenvalue weighted by Crippen LogP contribution is -2.27. The van der Waals surface area contributed by atoms with Crippen molar-refractivity contribution in [3.05, 3.63) is 35.4 Å². The Labute approximate surface area is 103 Å². The maximum atomic E-state index is 12.7. The van der Waals surface area contributed by atoms with E-state index in [4.69, 9.17) is 4.74 Å². The Morgan fingerprint density at radius 3 is 2.61 bits per heavy atom. The molecule has 100 valence electrons. The zero-order chi connectivity index (χ0) is 13.6. The molecule has 0 saturated heterocycles. The third kappa shape index (κ3) is 4.12. The van der Waals surface area contributed by atoms with Gasteiger partial charge in [0.05, 0.1) is 18.7 Å². The zero-order valence-electron chi connectivity index (χ0n) is 9.88. The van der Waals surface area contributed by atoms with Crippen LogP contribution in [-0.4, -0.2) is 32.6 Å². The van der Waals surface area contributed by atoms with Crippen molar-refractivity contribution in [2.75, 3.05) is 26.8 Å². The lowest BCUT2D eigenvalue weighted by molar-refractivity contribution is -0.137. The maximum absolute atomic E-state index is 12.7. The average molecular weight is 261 g/mol. The number of ether oxygens (including phenoxy) is 1. The van der Waals surface area contributed by atoms with Gasteiger partial charge in [-0.1, -0.05) is 18.2 Å². The number of methoxy groups -OCH3 is 1. The first-order valence-corrected chi connectivity index (χ1v) is 5.36. The molecule has 0 fully saturated rings. The van der Waals surface area contributed by atoms with Crippen molar-refractivity contribution in [3.63, 3.8) is 0 Å². The van der Waals surface area contributed by atoms with E-state index in [1.807, 2.05) is 0 Å². The highest BCUT2D eigenvalue weighted by Crippen LogP contribution is 2.31. The predicted molar refractivity (Wildman–Crippen MR) is 60.5 cm³/mol. The molecule has 0 radical (unpaired) electrons. The molecule has 0 amide bonds. The van der Waals surface area contributed by atoms with Gasteiger partial charge in [-0.3, -0.25) is 4.79 Å². The molecule has 1 rings (SSSR count). The van der Waals surface area contributed by atoms with Crippen LogP contribution in [-0.2, 0) is 10.9 Å². The number of carbonyl (C=O) groups is 1. The van der Waals surface area contributed by atoms with E-state index >= 15 is 0 Å². The van der Waals surface area contributed by atoms with Crippen molar-refractivity contribution in [1.29, 1.82) is 0 Å². The number of hydrogen-bond donors (Lipinski definition) is 1. The van der Waals surface area contributed by atoms with Crippen molar-refractivity contribution < 1.29 is 22.7 Å². The van der Waals surface area contributed by atoms with Gasteiger partial charge in [0.15, 0.2) is 5.78 Å². The van der Waals surface area contributed by atoms with Gasteiger partial charge in [0.2, 0.25) is 0 Å². The summed E-state index contributed by atoms with van der Waals surface area (Å²) in [5, 5.41) is 2.72. The molecule has 0 heterocycles. The Morgan fingerprint density at radius 1 is 1.33 bits per heavy atom. The van der Waals surface area contributed by atoms with Crippen molar-refractivity contribution in [2.24, 2.45) is 0 Å². The maximum Gasteiger partial charge on any atom is 0.417 e. The summed E-state index contributed by atoms with van der Waals surface area (Å²) in [4.78, 5) is 11.7. The van der Waals surface area contributed by atoms with Crippen LogP contribution in [0.2, 0.25) is 0 Å². The Morgan fingerprint density at radius 2 is 2.00 bits per heavy atom. The number of nitrogens with one attached hydrogen (secondary N) is 1. The number of alkyl halides is 3. The van der Waals surface area contributed by atoms with E-state index in [9.17, 15) is 18.0 Å². The number of rotatable bonds is 6. The fourth-order valence-corrected chi connectivity index (χ4v) is 1.44. The molecule has 3 nitrogen and oxygen atoms in total. The topological polar surface area (TPSA) is 38.3 Å². The van der Waals surface area contributed by atoms with Crippen LogP contribution in [0.25, 0.3) is 0 Å². The second-order valence-corrected chi connectivity index (χ2v) is 3.64. The Kier molecular flexibility index (Phi) is 5.30. The van der Waals surface area contributed by atoms with Gasteiger partial charge in [0.25, 0.3) is 0 Å². The number of halogens is 3. The van der Waals surface area contributed by atoms with E-state index < -0.39 is 17.5 Å². The number of carbonyl (C=O) groups excluding carboxylic acids is 1. The molecule has 0 aliphatic carbocycles. The average Bonchev–Trinajstić information content (AvgIpc) is 2.33. The molecule has 0 saturated carbocycles. The summed E-state index contributed by atoms with van der Waals surface area (Å²) in [5.74, 6) is -0.584. The summed E-state index contributed by atoms with van der Waals surface area (Å²) in [6, 6.07) is 4.77. The highest BCUT2D eigenvalue weighted by atomic mass is 19.4. The Bertz CT molecular complexity index is 405. The molecule has 0 atom stereocenters. The van der Waals surface area contributed by atoms with Crippen molar-refractivity contribution in [1.82, 2.24) is 5.32 Å². The first kappa shape index (κ1) is 14.7. The third-order valence-corrected chi connectivity index (χ3v) is 2.30. The zero-order valence-corrected chi connectivity index (χ0v) is 9.88. The minimum absolute atomic E-state index is 0.142. The lowest BCUT2D eigenvalue weighted by atomic mass is 10.0. The SMILES string of the molecule is COCCNCC(=O)c1ccccc1C(F)(F)F. The predicted octanol–water partition coefficient (Wildman–Crippen LogP) is 2.12. The van der Waals surface area contributed by atoms with E-state index in [1.54, 1.807) is 0 Å². The molecule has 0 spiro atoms. The molecular weight excluding hydrogens is 247 g/mol. The van der Waals surface area contributed by atoms with Crippen LogP contribution >= 0.6 is 0 Å². The minimum Gasteiger partial charge on any atom is -0.383 e. The van der Waals surface area contributed by atoms with Crippen LogP contribution in [0.1, 0.15) is 15.9 Å². The van der Waals surface area contributed by atoms with Gasteiger partial charge in [-0.25, -0.2) is 0 Å². The molecular formula is C12H14F3NO2. The number of ketones is 1. The second kappa shape index (κ2) is 6.51. The van der Waals surface area contributed by atoms with E-state index in [0.29, 0.717) is 13.2 Å². The summed E-state index contributed by atoms with van der Waals surface area (Å²) in [6.07, 6.45) is -4.52. The second-order valence-electron chi connectivity index (χ2n) is 3.64. The largest absolute Gasteiger partial charge is 0.417 e. The summed E-state index contributed by atoms with van der Waals surface area (Å²) in [7, 11) is 1.50. The fourth-order valence-electron chi connectivity index (χ4n) is 1.44. The molecule has 0 aromatic heterocycles. The molecule has 6 heteroatoms. The van der Waals surface area contributed by atoms with Gasteiger partial charge >= 0.3 is 6.18 Å². The van der Waals surface area contributed by atoms with Crippen LogP contribution < -0.4 is 5.32 Å². The van der Waals surface area contributed by atoms with Gasteiger partial charge in [0.1, 0.15) is 0 Å². The first-order chi connectivity index (χ1) is 8.46. The van der Waals surface area contributed by atoms with Gasteiger partial charge in [0, 0.05) is 19.2 Å². The Balaban J connectivity index is 2.74. The van der Waals surface area contributed by atoms with Gasteiger partial charge in [-0.15, -0.1) is 0 Å². The summed E-state index contributed by atoms with van der Waals surface area (Å²) in [6.45, 7) is 0.668. The van der Waals surface area contributed by atoms with Crippen LogP contribution in [0.5, 0.6) is 0 Å². The first-order valence-electron chi connectivity index (χ1n) is 5.36. The molecule has 0 bridgehead atoms. The molecule has 0 unspecified atom stereocenters. The molecule has 0 aliphatic heterocycles. The van der Waals surface area contributed by atoms with E-state index in [1.165, 1.54) is 25.3 Å². The highest BCUT2D eigenvalue weighted by Gasteiger charge is 2.34. The normalized spacial score (nSPS) is 11.6. The molecule has 18 heavy (non-hydrogen) atoms. The monoisotopic (exact) mass is 261 g/mol. The van der Waals surface area contributed by atoms with Crippen LogP contribution in [0, 0.1) is 0 Å². The van der Waals surface area contributed by atoms with E-state index in [-0.39, 0.29) is 12.1 Å². The molecule has 1 N–H and O–H groups in total. The van der Waals surface area contributed by atoms with E-state index in [0.717, 1.165) is 6.07 Å². The number of benzene rings is 1. The Hall–Kier alpha value is -1.40. The standard InChI is InChI=1S/C12H14F3NO2/c1-18-7-6-16-8-11(17)9-4-2-3-5-10(9)12(13,14)15/h2-5,16H,6-8H2,1H3. The van der Waals surface area contributed by atoms with Crippen LogP contribution in [0.15, 0.2) is 24.3 Å². The quantitative estimate of drug-likeness (QED) is 0.629. The van der Waals surface area contributed by atoms with Crippen LogP contribution in [0.3, 0.4) is 0 Å². The van der Waals surface area contributed by atoms with Gasteiger partial charge in [-0.2, -0.15) is 13.2 Å². The lowest BCUT2D eigenvalue weighted by Gasteiger charge is -2.12. The van der Waals surface area contributed by atoms with Gasteiger partial charge < -0.3 is 10.1 Å². The minimum atomic E-state index is -4.52. The fraction of sp³-hybridized carbons (Fsp3) is 0.417. The molecule has 1 aromatic carbocycles. The molecule has 0 aliphatic rings. The van der Waals surface area contributed by atoms with E-state index in [2.05, 4.69) is 5.32 Å². The van der Waals surface area contributed by atoms with Crippen molar-refractivity contribution >= 4 is 5.78 Å². The summed E-state index contributed by atoms with van der Waals surface area (Å²) in [5.41, 5.74) is -1.21. The number of hydrogen-bond acceptors (Lipinski definition) is 3. The third-order valence-electron chi connectivity index (χ3n) is 2.30. The van der Waals surface area contributed by atoms with Crippen molar-refractivity contribution in [2.45, 2.75) is 6.18 Å². The number of Topliss-reactive ketones (excluding diaryl/α,β-unsaturated/α-hetero) is 1. The highest BCUT2D eigenvalue weighted by molar-refractivity contribution is 5.99.